The van der Waals surface area contributed by atoms with Crippen molar-refractivity contribution in [3.8, 4) is 0 Å². The Labute approximate surface area is 160 Å². The van der Waals surface area contributed by atoms with Crippen LogP contribution in [0.25, 0.3) is 0 Å². The van der Waals surface area contributed by atoms with Crippen molar-refractivity contribution in [2.75, 3.05) is 25.1 Å². The molecule has 0 saturated carbocycles. The van der Waals surface area contributed by atoms with Crippen molar-refractivity contribution < 1.29 is 8.42 Å². The van der Waals surface area contributed by atoms with Crippen LogP contribution in [-0.4, -0.2) is 45.5 Å². The number of nitrogens with one attached hydrogen (secondary N) is 2. The highest BCUT2D eigenvalue weighted by molar-refractivity contribution is 14.0. The number of aliphatic imine (C=N–C) groups is 1. The summed E-state index contributed by atoms with van der Waals surface area (Å²) in [6.07, 6.45) is 5.32. The van der Waals surface area contributed by atoms with Gasteiger partial charge in [0.1, 0.15) is 9.84 Å². The molecule has 0 fully saturated rings. The second kappa shape index (κ2) is 12.3. The quantitative estimate of drug-likeness (QED) is 0.240. The van der Waals surface area contributed by atoms with E-state index in [2.05, 4.69) is 36.4 Å². The topological polar surface area (TPSA) is 70.6 Å². The molecule has 0 spiro atoms. The lowest BCUT2D eigenvalue weighted by Gasteiger charge is -2.18. The molecular formula is C16H36IN3O2S. The van der Waals surface area contributed by atoms with Crippen molar-refractivity contribution >= 4 is 39.8 Å². The molecule has 2 N–H and O–H groups in total. The molecule has 0 bridgehead atoms. The largest absolute Gasteiger partial charge is 0.357 e. The third-order valence-electron chi connectivity index (χ3n) is 3.25. The van der Waals surface area contributed by atoms with Gasteiger partial charge in [-0.2, -0.15) is 0 Å². The number of halogens is 1. The zero-order chi connectivity index (χ0) is 17.2. The summed E-state index contributed by atoms with van der Waals surface area (Å²) in [5.74, 6) is 0.978. The minimum Gasteiger partial charge on any atom is -0.357 e. The van der Waals surface area contributed by atoms with Gasteiger partial charge in [0.05, 0.1) is 5.75 Å². The molecule has 23 heavy (non-hydrogen) atoms. The molecule has 0 aliphatic carbocycles. The minimum atomic E-state index is -2.91. The lowest BCUT2D eigenvalue weighted by Crippen LogP contribution is -2.42. The maximum atomic E-state index is 11.2. The van der Waals surface area contributed by atoms with Crippen molar-refractivity contribution in [3.05, 3.63) is 0 Å². The van der Waals surface area contributed by atoms with Crippen molar-refractivity contribution in [1.29, 1.82) is 0 Å². The average Bonchev–Trinajstić information content (AvgIpc) is 2.34. The van der Waals surface area contributed by atoms with Crippen LogP contribution in [0.5, 0.6) is 0 Å². The maximum Gasteiger partial charge on any atom is 0.191 e. The first-order valence-electron chi connectivity index (χ1n) is 8.26. The summed E-state index contributed by atoms with van der Waals surface area (Å²) in [6, 6.07) is 0.0853. The van der Waals surface area contributed by atoms with E-state index >= 15 is 0 Å². The summed E-state index contributed by atoms with van der Waals surface area (Å²) in [7, 11) is -2.91. The van der Waals surface area contributed by atoms with Crippen LogP contribution in [0.1, 0.15) is 60.3 Å². The van der Waals surface area contributed by atoms with Crippen LogP contribution < -0.4 is 10.6 Å². The van der Waals surface area contributed by atoms with Crippen LogP contribution in [0.3, 0.4) is 0 Å². The van der Waals surface area contributed by atoms with Gasteiger partial charge in [-0.05, 0) is 38.5 Å². The molecule has 1 atom stereocenters. The molecule has 0 saturated heterocycles. The second-order valence-corrected chi connectivity index (χ2v) is 9.50. The van der Waals surface area contributed by atoms with Gasteiger partial charge in [0.15, 0.2) is 5.96 Å². The van der Waals surface area contributed by atoms with Gasteiger partial charge in [0, 0.05) is 25.4 Å². The molecule has 0 radical (unpaired) electrons. The number of hydrogen-bond acceptors (Lipinski definition) is 3. The Balaban J connectivity index is 0. The highest BCUT2D eigenvalue weighted by atomic mass is 127. The van der Waals surface area contributed by atoms with Crippen molar-refractivity contribution in [3.63, 3.8) is 0 Å². The van der Waals surface area contributed by atoms with E-state index in [-0.39, 0.29) is 35.8 Å². The predicted molar refractivity (Wildman–Crippen MR) is 112 cm³/mol. The Morgan fingerprint density at radius 3 is 2.30 bits per heavy atom. The number of rotatable bonds is 9. The molecule has 5 nitrogen and oxygen atoms in total. The van der Waals surface area contributed by atoms with Crippen LogP contribution in [-0.2, 0) is 9.84 Å². The number of guanidine groups is 1. The van der Waals surface area contributed by atoms with Gasteiger partial charge in [0.25, 0.3) is 0 Å². The van der Waals surface area contributed by atoms with Gasteiger partial charge in [-0.1, -0.05) is 27.2 Å². The van der Waals surface area contributed by atoms with E-state index in [1.807, 2.05) is 13.8 Å². The Kier molecular flexibility index (Phi) is 13.5. The van der Waals surface area contributed by atoms with Gasteiger partial charge < -0.3 is 10.6 Å². The van der Waals surface area contributed by atoms with Gasteiger partial charge in [-0.15, -0.1) is 24.0 Å². The summed E-state index contributed by atoms with van der Waals surface area (Å²) in [4.78, 5) is 4.56. The highest BCUT2D eigenvalue weighted by Crippen LogP contribution is 2.21. The Morgan fingerprint density at radius 2 is 1.83 bits per heavy atom. The van der Waals surface area contributed by atoms with E-state index in [0.717, 1.165) is 25.5 Å². The maximum absolute atomic E-state index is 11.2. The summed E-state index contributed by atoms with van der Waals surface area (Å²) >= 11 is 0. The number of hydrogen-bond donors (Lipinski definition) is 2. The molecule has 1 unspecified atom stereocenters. The fourth-order valence-electron chi connectivity index (χ4n) is 1.97. The number of sulfone groups is 1. The normalized spacial score (nSPS) is 14.1. The third-order valence-corrected chi connectivity index (χ3v) is 4.23. The smallest absolute Gasteiger partial charge is 0.191 e. The summed E-state index contributed by atoms with van der Waals surface area (Å²) in [5, 5.41) is 6.48. The minimum absolute atomic E-state index is 0. The molecule has 0 rings (SSSR count). The lowest BCUT2D eigenvalue weighted by atomic mass is 9.90. The molecule has 0 aromatic heterocycles. The van der Waals surface area contributed by atoms with Crippen LogP contribution in [0.2, 0.25) is 0 Å². The summed E-state index contributed by atoms with van der Waals surface area (Å²) in [6.45, 7) is 12.4. The fourth-order valence-corrected chi connectivity index (χ4v) is 2.76. The van der Waals surface area contributed by atoms with Crippen LogP contribution in [0.15, 0.2) is 4.99 Å². The molecule has 0 aliphatic rings. The van der Waals surface area contributed by atoms with Crippen molar-refractivity contribution in [1.82, 2.24) is 10.6 Å². The van der Waals surface area contributed by atoms with Crippen LogP contribution in [0, 0.1) is 5.41 Å². The zero-order valence-electron chi connectivity index (χ0n) is 15.6. The van der Waals surface area contributed by atoms with E-state index < -0.39 is 9.84 Å². The van der Waals surface area contributed by atoms with Gasteiger partial charge in [0.2, 0.25) is 0 Å². The Morgan fingerprint density at radius 1 is 1.22 bits per heavy atom. The first kappa shape index (κ1) is 25.2. The summed E-state index contributed by atoms with van der Waals surface area (Å²) in [5.41, 5.74) is 0.382. The molecule has 0 aromatic rings. The van der Waals surface area contributed by atoms with E-state index in [9.17, 15) is 8.42 Å². The first-order chi connectivity index (χ1) is 10.0. The van der Waals surface area contributed by atoms with E-state index in [4.69, 9.17) is 0 Å². The standard InChI is InChI=1S/C16H35N3O2S.HI/c1-7-17-15(18-12-9-8-11-16(3,4)5)19-14(2)10-13-22(6,20)21;/h14H,7-13H2,1-6H3,(H2,17,18,19);1H. The van der Waals surface area contributed by atoms with Crippen molar-refractivity contribution in [2.45, 2.75) is 66.3 Å². The number of unbranched alkanes of at least 4 members (excludes halogenated alkanes) is 1. The molecule has 0 aliphatic heterocycles. The molecule has 0 heterocycles. The third kappa shape index (κ3) is 18.1. The van der Waals surface area contributed by atoms with Crippen LogP contribution >= 0.6 is 24.0 Å². The Hall–Kier alpha value is -0.0500. The second-order valence-electron chi connectivity index (χ2n) is 7.24. The van der Waals surface area contributed by atoms with Crippen LogP contribution in [0.4, 0.5) is 0 Å². The number of nitrogens with zero attached hydrogens (tertiary/aromatic N) is 1. The molecular weight excluding hydrogens is 425 g/mol. The van der Waals surface area contributed by atoms with E-state index in [1.165, 1.54) is 19.1 Å². The first-order valence-corrected chi connectivity index (χ1v) is 10.3. The van der Waals surface area contributed by atoms with Gasteiger partial charge in [-0.25, -0.2) is 8.42 Å². The van der Waals surface area contributed by atoms with Gasteiger partial charge in [-0.3, -0.25) is 4.99 Å². The molecule has 0 amide bonds. The van der Waals surface area contributed by atoms with Gasteiger partial charge >= 0.3 is 0 Å². The Bertz CT molecular complexity index is 431. The fraction of sp³-hybridized carbons (Fsp3) is 0.938. The zero-order valence-corrected chi connectivity index (χ0v) is 18.8. The lowest BCUT2D eigenvalue weighted by molar-refractivity contribution is 0.361. The highest BCUT2D eigenvalue weighted by Gasteiger charge is 2.10. The monoisotopic (exact) mass is 461 g/mol. The average molecular weight is 461 g/mol. The SMILES string of the molecule is CCNC(=NCCCCC(C)(C)C)NC(C)CCS(C)(=O)=O.I. The molecule has 0 aromatic carbocycles. The summed E-state index contributed by atoms with van der Waals surface area (Å²) < 4.78 is 22.4. The van der Waals surface area contributed by atoms with E-state index in [1.54, 1.807) is 0 Å². The molecule has 7 heteroatoms. The van der Waals surface area contributed by atoms with Crippen molar-refractivity contribution in [2.24, 2.45) is 10.4 Å². The molecule has 140 valence electrons. The van der Waals surface area contributed by atoms with E-state index in [0.29, 0.717) is 11.8 Å². The predicted octanol–water partition coefficient (Wildman–Crippen LogP) is 3.20.